The molecule has 1 unspecified atom stereocenters. The van der Waals surface area contributed by atoms with E-state index in [1.165, 1.54) is 11.6 Å². The van der Waals surface area contributed by atoms with Crippen molar-refractivity contribution in [2.24, 2.45) is 0 Å². The number of benzene rings is 3. The molecule has 0 aliphatic rings. The van der Waals surface area contributed by atoms with Crippen LogP contribution < -0.4 is 10.1 Å². The number of carbonyl (C=O) groups excluding carboxylic acids is 1. The van der Waals surface area contributed by atoms with Crippen LogP contribution in [0.25, 0.3) is 20.7 Å². The molecular weight excluding hydrogens is 564 g/mol. The van der Waals surface area contributed by atoms with Crippen molar-refractivity contribution in [3.8, 4) is 21.9 Å². The molecule has 0 aliphatic carbocycles. The van der Waals surface area contributed by atoms with Gasteiger partial charge in [-0.05, 0) is 59.9 Å². The standard InChI is InChI=1S/C35H33FN2O2S2/c1-3-23(2)38-22-26-10-7-11-27(16-26)34-21-31-35(42-34)33(14-15-37-31)40-32-13-12-25(19-30(32)36)18-29(41)20-28(39)17-24-8-5-4-6-9-24/h4-16,19,21,23,38H,3,17-18,20,22H2,1-2H3. The van der Waals surface area contributed by atoms with Crippen LogP contribution in [-0.4, -0.2) is 21.7 Å². The Bertz CT molecular complexity index is 1700. The van der Waals surface area contributed by atoms with E-state index in [0.29, 0.717) is 35.1 Å². The summed E-state index contributed by atoms with van der Waals surface area (Å²) in [4.78, 5) is 18.6. The summed E-state index contributed by atoms with van der Waals surface area (Å²) in [6.07, 6.45) is 3.65. The predicted molar refractivity (Wildman–Crippen MR) is 174 cm³/mol. The van der Waals surface area contributed by atoms with Crippen molar-refractivity contribution >= 4 is 44.4 Å². The number of nitrogens with zero attached hydrogens (tertiary/aromatic N) is 1. The maximum Gasteiger partial charge on any atom is 0.166 e. The summed E-state index contributed by atoms with van der Waals surface area (Å²) in [5.41, 5.74) is 4.80. The Morgan fingerprint density at radius 2 is 1.76 bits per heavy atom. The molecule has 42 heavy (non-hydrogen) atoms. The summed E-state index contributed by atoms with van der Waals surface area (Å²) in [5, 5.41) is 3.54. The normalized spacial score (nSPS) is 11.9. The molecule has 2 aromatic heterocycles. The van der Waals surface area contributed by atoms with Crippen LogP contribution in [0.4, 0.5) is 4.39 Å². The van der Waals surface area contributed by atoms with Gasteiger partial charge in [0.05, 0.1) is 10.2 Å². The lowest BCUT2D eigenvalue weighted by Crippen LogP contribution is -2.24. The summed E-state index contributed by atoms with van der Waals surface area (Å²) in [7, 11) is 0. The van der Waals surface area contributed by atoms with E-state index in [9.17, 15) is 4.79 Å². The van der Waals surface area contributed by atoms with E-state index >= 15 is 4.39 Å². The lowest BCUT2D eigenvalue weighted by molar-refractivity contribution is -0.117. The van der Waals surface area contributed by atoms with Crippen LogP contribution >= 0.6 is 23.6 Å². The topological polar surface area (TPSA) is 51.2 Å². The highest BCUT2D eigenvalue weighted by molar-refractivity contribution is 7.80. The number of ether oxygens (including phenoxy) is 1. The van der Waals surface area contributed by atoms with Gasteiger partial charge in [0.2, 0.25) is 0 Å². The van der Waals surface area contributed by atoms with Crippen LogP contribution in [0, 0.1) is 5.82 Å². The number of aromatic nitrogens is 1. The number of fused-ring (bicyclic) bond motifs is 1. The van der Waals surface area contributed by atoms with Gasteiger partial charge >= 0.3 is 0 Å². The first-order valence-electron chi connectivity index (χ1n) is 14.1. The monoisotopic (exact) mass is 596 g/mol. The Labute approximate surface area is 255 Å². The number of Topliss-reactive ketones (excluding diaryl/α,β-unsaturated/α-hetero) is 1. The van der Waals surface area contributed by atoms with E-state index in [1.54, 1.807) is 35.7 Å². The number of halogens is 1. The smallest absolute Gasteiger partial charge is 0.166 e. The number of pyridine rings is 1. The Kier molecular flexibility index (Phi) is 9.85. The maximum atomic E-state index is 15.2. The average Bonchev–Trinajstić information content (AvgIpc) is 3.43. The minimum Gasteiger partial charge on any atom is -0.453 e. The van der Waals surface area contributed by atoms with Gasteiger partial charge in [-0.1, -0.05) is 73.7 Å². The Morgan fingerprint density at radius 3 is 2.55 bits per heavy atom. The first kappa shape index (κ1) is 29.7. The second-order valence-corrected chi connectivity index (χ2v) is 12.1. The number of hydrogen-bond acceptors (Lipinski definition) is 6. The summed E-state index contributed by atoms with van der Waals surface area (Å²) < 4.78 is 22.1. The zero-order valence-corrected chi connectivity index (χ0v) is 25.4. The third kappa shape index (κ3) is 7.73. The number of carbonyl (C=O) groups is 1. The molecule has 0 aliphatic heterocycles. The van der Waals surface area contributed by atoms with E-state index in [1.807, 2.05) is 36.4 Å². The Hall–Kier alpha value is -3.78. The quantitative estimate of drug-likeness (QED) is 0.138. The van der Waals surface area contributed by atoms with E-state index in [0.717, 1.165) is 39.2 Å². The highest BCUT2D eigenvalue weighted by atomic mass is 32.1. The van der Waals surface area contributed by atoms with Crippen LogP contribution in [0.1, 0.15) is 43.4 Å². The number of nitrogens with one attached hydrogen (secondary N) is 1. The molecular formula is C35H33FN2O2S2. The van der Waals surface area contributed by atoms with Gasteiger partial charge in [0, 0.05) is 53.9 Å². The highest BCUT2D eigenvalue weighted by Crippen LogP contribution is 2.39. The van der Waals surface area contributed by atoms with Crippen LogP contribution in [0.2, 0.25) is 0 Å². The van der Waals surface area contributed by atoms with Gasteiger partial charge in [0.15, 0.2) is 11.6 Å². The fourth-order valence-corrected chi connectivity index (χ4v) is 6.05. The molecule has 0 radical (unpaired) electrons. The van der Waals surface area contributed by atoms with Crippen molar-refractivity contribution in [2.45, 2.75) is 52.1 Å². The first-order chi connectivity index (χ1) is 20.4. The zero-order chi connectivity index (χ0) is 29.5. The number of rotatable bonds is 13. The van der Waals surface area contributed by atoms with Crippen molar-refractivity contribution in [1.82, 2.24) is 10.3 Å². The third-order valence-electron chi connectivity index (χ3n) is 7.11. The van der Waals surface area contributed by atoms with E-state index in [-0.39, 0.29) is 18.0 Å². The summed E-state index contributed by atoms with van der Waals surface area (Å²) >= 11 is 7.04. The Balaban J connectivity index is 1.26. The van der Waals surface area contributed by atoms with Crippen LogP contribution in [0.15, 0.2) is 91.1 Å². The summed E-state index contributed by atoms with van der Waals surface area (Å²) in [6.45, 7) is 5.17. The molecule has 0 bridgehead atoms. The maximum absolute atomic E-state index is 15.2. The number of thiocarbonyl (C=S) groups is 1. The summed E-state index contributed by atoms with van der Waals surface area (Å²) in [6, 6.07) is 27.2. The van der Waals surface area contributed by atoms with Crippen molar-refractivity contribution in [3.63, 3.8) is 0 Å². The van der Waals surface area contributed by atoms with Gasteiger partial charge in [-0.15, -0.1) is 11.3 Å². The Morgan fingerprint density at radius 1 is 0.952 bits per heavy atom. The second kappa shape index (κ2) is 13.9. The van der Waals surface area contributed by atoms with Crippen molar-refractivity contribution in [1.29, 1.82) is 0 Å². The fourth-order valence-electron chi connectivity index (χ4n) is 4.66. The number of hydrogen-bond donors (Lipinski definition) is 1. The van der Waals surface area contributed by atoms with Crippen molar-refractivity contribution < 1.29 is 13.9 Å². The summed E-state index contributed by atoms with van der Waals surface area (Å²) in [5.74, 6) is 0.261. The zero-order valence-electron chi connectivity index (χ0n) is 23.7. The van der Waals surface area contributed by atoms with Gasteiger partial charge in [-0.2, -0.15) is 0 Å². The van der Waals surface area contributed by atoms with Crippen LogP contribution in [0.3, 0.4) is 0 Å². The van der Waals surface area contributed by atoms with Gasteiger partial charge in [0.25, 0.3) is 0 Å². The molecule has 0 spiro atoms. The average molecular weight is 597 g/mol. The van der Waals surface area contributed by atoms with Crippen LogP contribution in [0.5, 0.6) is 11.5 Å². The number of ketones is 1. The molecule has 2 heterocycles. The van der Waals surface area contributed by atoms with Gasteiger partial charge < -0.3 is 10.1 Å². The first-order valence-corrected chi connectivity index (χ1v) is 15.3. The van der Waals surface area contributed by atoms with Crippen molar-refractivity contribution in [3.05, 3.63) is 114 Å². The van der Waals surface area contributed by atoms with E-state index in [2.05, 4.69) is 48.4 Å². The molecule has 0 fully saturated rings. The molecule has 5 aromatic rings. The van der Waals surface area contributed by atoms with Crippen LogP contribution in [-0.2, 0) is 24.2 Å². The fraction of sp³-hybridized carbons (Fsp3) is 0.229. The molecule has 5 rings (SSSR count). The number of thiophene rings is 1. The minimum absolute atomic E-state index is 0.0538. The molecule has 7 heteroatoms. The predicted octanol–water partition coefficient (Wildman–Crippen LogP) is 8.90. The molecule has 214 valence electrons. The third-order valence-corrected chi connectivity index (χ3v) is 8.59. The largest absolute Gasteiger partial charge is 0.453 e. The van der Waals surface area contributed by atoms with E-state index < -0.39 is 5.82 Å². The molecule has 0 saturated carbocycles. The second-order valence-electron chi connectivity index (χ2n) is 10.5. The highest BCUT2D eigenvalue weighted by Gasteiger charge is 2.15. The molecule has 4 nitrogen and oxygen atoms in total. The molecule has 1 N–H and O–H groups in total. The lowest BCUT2D eigenvalue weighted by Gasteiger charge is -2.11. The molecule has 0 saturated heterocycles. The lowest BCUT2D eigenvalue weighted by atomic mass is 10.0. The van der Waals surface area contributed by atoms with Gasteiger partial charge in [0.1, 0.15) is 11.5 Å². The molecule has 1 atom stereocenters. The minimum atomic E-state index is -0.478. The van der Waals surface area contributed by atoms with Gasteiger partial charge in [-0.25, -0.2) is 4.39 Å². The van der Waals surface area contributed by atoms with Crippen molar-refractivity contribution in [2.75, 3.05) is 0 Å². The van der Waals surface area contributed by atoms with Gasteiger partial charge in [-0.3, -0.25) is 9.78 Å². The SMILES string of the molecule is CCC(C)NCc1cccc(-c2cc3nccc(Oc4ccc(CC(=S)CC(=O)Cc5ccccc5)cc4F)c3s2)c1. The molecule has 0 amide bonds. The van der Waals surface area contributed by atoms with E-state index in [4.69, 9.17) is 17.0 Å². The molecule has 3 aromatic carbocycles.